The van der Waals surface area contributed by atoms with Gasteiger partial charge >= 0.3 is 0 Å². The van der Waals surface area contributed by atoms with Crippen molar-refractivity contribution in [1.82, 2.24) is 0 Å². The predicted molar refractivity (Wildman–Crippen MR) is 55.6 cm³/mol. The van der Waals surface area contributed by atoms with Gasteiger partial charge in [-0.3, -0.25) is 0 Å². The molecule has 0 aromatic heterocycles. The molecule has 3 heteroatoms. The van der Waals surface area contributed by atoms with E-state index in [1.165, 1.54) is 5.56 Å². The smallest absolute Gasteiger partial charge is 0.0844 e. The monoisotopic (exact) mass is 244 g/mol. The van der Waals surface area contributed by atoms with E-state index < -0.39 is 0 Å². The molecule has 1 aliphatic heterocycles. The Balaban J connectivity index is 2.28. The first-order chi connectivity index (χ1) is 5.71. The van der Waals surface area contributed by atoms with Gasteiger partial charge in [0.1, 0.15) is 0 Å². The number of benzene rings is 1. The van der Waals surface area contributed by atoms with Crippen LogP contribution in [0.3, 0.4) is 0 Å². The van der Waals surface area contributed by atoms with E-state index in [-0.39, 0.29) is 4.75 Å². The lowest BCUT2D eigenvalue weighted by atomic mass is 9.97. The molecule has 1 nitrogen and oxygen atoms in total. The third kappa shape index (κ3) is 1.41. The highest BCUT2D eigenvalue weighted by molar-refractivity contribution is 9.10. The molecular formula is C9H9BrOS. The van der Waals surface area contributed by atoms with Crippen LogP contribution < -0.4 is 0 Å². The van der Waals surface area contributed by atoms with Crippen LogP contribution in [0, 0.1) is 0 Å². The Bertz CT molecular complexity index is 279. The van der Waals surface area contributed by atoms with Gasteiger partial charge in [0.25, 0.3) is 0 Å². The minimum absolute atomic E-state index is 0.0410. The fraction of sp³-hybridized carbons (Fsp3) is 0.333. The lowest BCUT2D eigenvalue weighted by Crippen LogP contribution is -2.41. The van der Waals surface area contributed by atoms with E-state index >= 15 is 0 Å². The van der Waals surface area contributed by atoms with E-state index in [1.807, 2.05) is 12.1 Å². The largest absolute Gasteiger partial charge is 0.378 e. The Kier molecular flexibility index (Phi) is 2.19. The molecule has 12 heavy (non-hydrogen) atoms. The molecule has 0 amide bonds. The van der Waals surface area contributed by atoms with E-state index in [2.05, 4.69) is 40.7 Å². The van der Waals surface area contributed by atoms with Crippen molar-refractivity contribution in [3.8, 4) is 0 Å². The first kappa shape index (κ1) is 8.60. The van der Waals surface area contributed by atoms with Crippen LogP contribution in [0.15, 0.2) is 28.7 Å². The first-order valence-electron chi connectivity index (χ1n) is 3.77. The molecule has 0 aliphatic carbocycles. The van der Waals surface area contributed by atoms with E-state index in [0.29, 0.717) is 0 Å². The number of hydrogen-bond donors (Lipinski definition) is 1. The third-order valence-electron chi connectivity index (χ3n) is 2.06. The van der Waals surface area contributed by atoms with Crippen molar-refractivity contribution in [2.45, 2.75) is 4.75 Å². The zero-order chi connectivity index (χ0) is 8.60. The normalized spacial score (nSPS) is 20.2. The molecule has 0 radical (unpaired) electrons. The molecular weight excluding hydrogens is 236 g/mol. The topological polar surface area (TPSA) is 9.23 Å². The third-order valence-corrected chi connectivity index (χ3v) is 3.11. The Hall–Kier alpha value is 0.01000. The average Bonchev–Trinajstić information content (AvgIpc) is 2.02. The quantitative estimate of drug-likeness (QED) is 0.748. The van der Waals surface area contributed by atoms with Crippen molar-refractivity contribution in [3.63, 3.8) is 0 Å². The summed E-state index contributed by atoms with van der Waals surface area (Å²) < 4.78 is 6.19. The fourth-order valence-electron chi connectivity index (χ4n) is 1.22. The van der Waals surface area contributed by atoms with E-state index in [0.717, 1.165) is 17.7 Å². The van der Waals surface area contributed by atoms with Gasteiger partial charge in [0, 0.05) is 4.47 Å². The number of halogens is 1. The predicted octanol–water partition coefficient (Wildman–Crippen LogP) is 2.60. The lowest BCUT2D eigenvalue weighted by molar-refractivity contribution is -0.00969. The SMILES string of the molecule is SC1(c2ccc(Br)cc2)COC1. The molecule has 0 unspecified atom stereocenters. The van der Waals surface area contributed by atoms with Gasteiger partial charge in [-0.05, 0) is 17.7 Å². The van der Waals surface area contributed by atoms with Gasteiger partial charge < -0.3 is 4.74 Å². The summed E-state index contributed by atoms with van der Waals surface area (Å²) >= 11 is 7.95. The molecule has 1 heterocycles. The van der Waals surface area contributed by atoms with Crippen molar-refractivity contribution in [1.29, 1.82) is 0 Å². The summed E-state index contributed by atoms with van der Waals surface area (Å²) in [6, 6.07) is 8.23. The summed E-state index contributed by atoms with van der Waals surface area (Å²) in [6.45, 7) is 1.44. The molecule has 1 fully saturated rings. The highest BCUT2D eigenvalue weighted by atomic mass is 79.9. The lowest BCUT2D eigenvalue weighted by Gasteiger charge is -2.37. The maximum Gasteiger partial charge on any atom is 0.0844 e. The molecule has 2 rings (SSSR count). The molecule has 0 N–H and O–H groups in total. The van der Waals surface area contributed by atoms with Gasteiger partial charge in [-0.1, -0.05) is 28.1 Å². The molecule has 1 aromatic rings. The van der Waals surface area contributed by atoms with Gasteiger partial charge in [-0.25, -0.2) is 0 Å². The molecule has 1 aromatic carbocycles. The number of ether oxygens (including phenoxy) is 1. The van der Waals surface area contributed by atoms with Gasteiger partial charge in [0.05, 0.1) is 18.0 Å². The standard InChI is InChI=1S/C9H9BrOS/c10-8-3-1-7(2-4-8)9(12)5-11-6-9/h1-4,12H,5-6H2. The fourth-order valence-corrected chi connectivity index (χ4v) is 1.82. The second-order valence-corrected chi connectivity index (χ2v) is 4.80. The van der Waals surface area contributed by atoms with Crippen LogP contribution in [0.1, 0.15) is 5.56 Å². The molecule has 0 spiro atoms. The van der Waals surface area contributed by atoms with Crippen molar-refractivity contribution in [2.75, 3.05) is 13.2 Å². The Morgan fingerprint density at radius 2 is 1.83 bits per heavy atom. The van der Waals surface area contributed by atoms with Crippen LogP contribution in [0.25, 0.3) is 0 Å². The van der Waals surface area contributed by atoms with Crippen molar-refractivity contribution < 1.29 is 4.74 Å². The van der Waals surface area contributed by atoms with Gasteiger partial charge in [0.15, 0.2) is 0 Å². The number of hydrogen-bond acceptors (Lipinski definition) is 2. The van der Waals surface area contributed by atoms with Gasteiger partial charge in [0.2, 0.25) is 0 Å². The van der Waals surface area contributed by atoms with Crippen LogP contribution in [-0.4, -0.2) is 13.2 Å². The van der Waals surface area contributed by atoms with Gasteiger partial charge in [-0.15, -0.1) is 0 Å². The second kappa shape index (κ2) is 3.05. The van der Waals surface area contributed by atoms with Crippen molar-refractivity contribution >= 4 is 28.6 Å². The summed E-state index contributed by atoms with van der Waals surface area (Å²) in [7, 11) is 0. The van der Waals surface area contributed by atoms with Crippen LogP contribution in [0.5, 0.6) is 0 Å². The average molecular weight is 245 g/mol. The van der Waals surface area contributed by atoms with Crippen LogP contribution in [0.2, 0.25) is 0 Å². The zero-order valence-corrected chi connectivity index (χ0v) is 8.94. The van der Waals surface area contributed by atoms with Crippen LogP contribution in [-0.2, 0) is 9.48 Å². The second-order valence-electron chi connectivity index (χ2n) is 3.03. The molecule has 0 bridgehead atoms. The highest BCUT2D eigenvalue weighted by Crippen LogP contribution is 2.36. The maximum absolute atomic E-state index is 5.13. The summed E-state index contributed by atoms with van der Waals surface area (Å²) in [6.07, 6.45) is 0. The molecule has 1 aliphatic rings. The van der Waals surface area contributed by atoms with Crippen LogP contribution in [0.4, 0.5) is 0 Å². The molecule has 0 atom stereocenters. The number of rotatable bonds is 1. The zero-order valence-electron chi connectivity index (χ0n) is 6.46. The number of thiol groups is 1. The molecule has 64 valence electrons. The van der Waals surface area contributed by atoms with Crippen LogP contribution >= 0.6 is 28.6 Å². The van der Waals surface area contributed by atoms with E-state index in [4.69, 9.17) is 4.74 Å². The van der Waals surface area contributed by atoms with Gasteiger partial charge in [-0.2, -0.15) is 12.6 Å². The minimum Gasteiger partial charge on any atom is -0.378 e. The van der Waals surface area contributed by atoms with Crippen molar-refractivity contribution in [3.05, 3.63) is 34.3 Å². The maximum atomic E-state index is 5.13. The minimum atomic E-state index is -0.0410. The summed E-state index contributed by atoms with van der Waals surface area (Å²) in [5.74, 6) is 0. The summed E-state index contributed by atoms with van der Waals surface area (Å²) in [5, 5.41) is 0. The van der Waals surface area contributed by atoms with Crippen molar-refractivity contribution in [2.24, 2.45) is 0 Å². The highest BCUT2D eigenvalue weighted by Gasteiger charge is 2.36. The molecule has 1 saturated heterocycles. The molecule has 0 saturated carbocycles. The Morgan fingerprint density at radius 1 is 1.25 bits per heavy atom. The Labute approximate surface area is 85.7 Å². The Morgan fingerprint density at radius 3 is 2.25 bits per heavy atom. The summed E-state index contributed by atoms with van der Waals surface area (Å²) in [5.41, 5.74) is 1.24. The summed E-state index contributed by atoms with van der Waals surface area (Å²) in [4.78, 5) is 0. The van der Waals surface area contributed by atoms with E-state index in [1.54, 1.807) is 0 Å². The first-order valence-corrected chi connectivity index (χ1v) is 5.01. The van der Waals surface area contributed by atoms with E-state index in [9.17, 15) is 0 Å².